The molecular weight excluding hydrogens is 224 g/mol. The van der Waals surface area contributed by atoms with Crippen LogP contribution in [0.15, 0.2) is 0 Å². The van der Waals surface area contributed by atoms with E-state index in [0.29, 0.717) is 11.8 Å². The van der Waals surface area contributed by atoms with Gasteiger partial charge in [0.1, 0.15) is 0 Å². The molecule has 3 unspecified atom stereocenters. The molecular formula is C15H28N2O. The van der Waals surface area contributed by atoms with Gasteiger partial charge in [-0.2, -0.15) is 0 Å². The van der Waals surface area contributed by atoms with Crippen LogP contribution in [-0.2, 0) is 4.79 Å². The predicted molar refractivity (Wildman–Crippen MR) is 74.1 cm³/mol. The van der Waals surface area contributed by atoms with Crippen molar-refractivity contribution in [3.05, 3.63) is 0 Å². The van der Waals surface area contributed by atoms with Gasteiger partial charge in [-0.1, -0.05) is 13.3 Å². The van der Waals surface area contributed by atoms with Crippen LogP contribution in [0.4, 0.5) is 0 Å². The van der Waals surface area contributed by atoms with Crippen molar-refractivity contribution in [2.45, 2.75) is 51.9 Å². The highest BCUT2D eigenvalue weighted by Gasteiger charge is 2.32. The highest BCUT2D eigenvalue weighted by molar-refractivity contribution is 5.76. The maximum atomic E-state index is 12.2. The summed E-state index contributed by atoms with van der Waals surface area (Å²) in [6.45, 7) is 5.00. The Bertz CT molecular complexity index is 268. The molecule has 1 aliphatic carbocycles. The second kappa shape index (κ2) is 6.55. The molecule has 0 aromatic carbocycles. The standard InChI is InChI=1S/C15H28N2O/c1-12(7-8-16)5-6-15(18)17-10-13-3-2-4-14(9-13)11-17/h12-14H,2-11,16H2,1H3. The fourth-order valence-corrected chi connectivity index (χ4v) is 3.59. The van der Waals surface area contributed by atoms with E-state index in [-0.39, 0.29) is 0 Å². The summed E-state index contributed by atoms with van der Waals surface area (Å²) in [4.78, 5) is 14.4. The average Bonchev–Trinajstić information content (AvgIpc) is 2.36. The van der Waals surface area contributed by atoms with Gasteiger partial charge in [0.15, 0.2) is 0 Å². The molecule has 18 heavy (non-hydrogen) atoms. The fourth-order valence-electron chi connectivity index (χ4n) is 3.59. The van der Waals surface area contributed by atoms with Gasteiger partial charge in [0, 0.05) is 19.5 Å². The summed E-state index contributed by atoms with van der Waals surface area (Å²) in [5.41, 5.74) is 5.55. The topological polar surface area (TPSA) is 46.3 Å². The smallest absolute Gasteiger partial charge is 0.222 e. The molecule has 1 amide bonds. The number of carbonyl (C=O) groups excluding carboxylic acids is 1. The molecule has 0 aromatic heterocycles. The minimum absolute atomic E-state index is 0.385. The van der Waals surface area contributed by atoms with Gasteiger partial charge in [-0.05, 0) is 56.4 Å². The first-order valence-electron chi connectivity index (χ1n) is 7.67. The summed E-state index contributed by atoms with van der Waals surface area (Å²) in [6, 6.07) is 0. The number of likely N-dealkylation sites (tertiary alicyclic amines) is 1. The van der Waals surface area contributed by atoms with E-state index in [9.17, 15) is 4.79 Å². The van der Waals surface area contributed by atoms with Gasteiger partial charge < -0.3 is 10.6 Å². The van der Waals surface area contributed by atoms with Crippen molar-refractivity contribution < 1.29 is 4.79 Å². The van der Waals surface area contributed by atoms with Crippen molar-refractivity contribution >= 4 is 5.91 Å². The SMILES string of the molecule is CC(CCN)CCC(=O)N1CC2CCCC(C2)C1. The van der Waals surface area contributed by atoms with E-state index in [2.05, 4.69) is 11.8 Å². The van der Waals surface area contributed by atoms with Gasteiger partial charge in [0.2, 0.25) is 5.91 Å². The lowest BCUT2D eigenvalue weighted by molar-refractivity contribution is -0.135. The van der Waals surface area contributed by atoms with E-state index in [1.54, 1.807) is 0 Å². The Morgan fingerprint density at radius 3 is 2.56 bits per heavy atom. The van der Waals surface area contributed by atoms with Crippen molar-refractivity contribution in [3.63, 3.8) is 0 Å². The summed E-state index contributed by atoms with van der Waals surface area (Å²) < 4.78 is 0. The molecule has 2 fully saturated rings. The third-order valence-electron chi connectivity index (χ3n) is 4.71. The lowest BCUT2D eigenvalue weighted by atomic mass is 9.78. The number of hydrogen-bond acceptors (Lipinski definition) is 2. The molecule has 2 aliphatic rings. The summed E-state index contributed by atoms with van der Waals surface area (Å²) in [5, 5.41) is 0. The van der Waals surface area contributed by atoms with Gasteiger partial charge in [-0.25, -0.2) is 0 Å². The van der Waals surface area contributed by atoms with Crippen LogP contribution >= 0.6 is 0 Å². The van der Waals surface area contributed by atoms with Crippen molar-refractivity contribution in [1.29, 1.82) is 0 Å². The summed E-state index contributed by atoms with van der Waals surface area (Å²) in [6.07, 6.45) is 8.19. The van der Waals surface area contributed by atoms with Crippen LogP contribution in [0.25, 0.3) is 0 Å². The Hall–Kier alpha value is -0.570. The molecule has 0 radical (unpaired) electrons. The zero-order valence-corrected chi connectivity index (χ0v) is 11.7. The average molecular weight is 252 g/mol. The molecule has 0 spiro atoms. The lowest BCUT2D eigenvalue weighted by Crippen LogP contribution is -2.45. The third kappa shape index (κ3) is 3.71. The number of rotatable bonds is 5. The van der Waals surface area contributed by atoms with Gasteiger partial charge in [0.25, 0.3) is 0 Å². The second-order valence-corrected chi connectivity index (χ2v) is 6.42. The number of carbonyl (C=O) groups is 1. The van der Waals surface area contributed by atoms with E-state index in [4.69, 9.17) is 5.73 Å². The monoisotopic (exact) mass is 252 g/mol. The molecule has 3 heteroatoms. The van der Waals surface area contributed by atoms with Gasteiger partial charge in [-0.15, -0.1) is 0 Å². The largest absolute Gasteiger partial charge is 0.342 e. The van der Waals surface area contributed by atoms with E-state index in [1.165, 1.54) is 25.7 Å². The van der Waals surface area contributed by atoms with Crippen molar-refractivity contribution in [3.8, 4) is 0 Å². The molecule has 2 N–H and O–H groups in total. The minimum atomic E-state index is 0.385. The summed E-state index contributed by atoms with van der Waals surface area (Å²) in [7, 11) is 0. The van der Waals surface area contributed by atoms with E-state index in [1.807, 2.05) is 0 Å². The van der Waals surface area contributed by atoms with Crippen LogP contribution in [0.5, 0.6) is 0 Å². The van der Waals surface area contributed by atoms with E-state index in [0.717, 1.165) is 50.7 Å². The number of nitrogens with two attached hydrogens (primary N) is 1. The van der Waals surface area contributed by atoms with Crippen LogP contribution in [0.1, 0.15) is 51.9 Å². The molecule has 1 saturated carbocycles. The molecule has 3 atom stereocenters. The number of hydrogen-bond donors (Lipinski definition) is 1. The van der Waals surface area contributed by atoms with Gasteiger partial charge in [0.05, 0.1) is 0 Å². The Labute approximate surface area is 111 Å². The zero-order valence-electron chi connectivity index (χ0n) is 11.7. The summed E-state index contributed by atoms with van der Waals surface area (Å²) in [5.74, 6) is 2.56. The lowest BCUT2D eigenvalue weighted by Gasteiger charge is -2.41. The van der Waals surface area contributed by atoms with Crippen molar-refractivity contribution in [2.75, 3.05) is 19.6 Å². The Morgan fingerprint density at radius 2 is 1.94 bits per heavy atom. The summed E-state index contributed by atoms with van der Waals surface area (Å²) >= 11 is 0. The number of piperidine rings is 1. The van der Waals surface area contributed by atoms with Crippen LogP contribution in [0.2, 0.25) is 0 Å². The Balaban J connectivity index is 1.75. The number of amides is 1. The van der Waals surface area contributed by atoms with E-state index < -0.39 is 0 Å². The van der Waals surface area contributed by atoms with Crippen LogP contribution in [0.3, 0.4) is 0 Å². The highest BCUT2D eigenvalue weighted by atomic mass is 16.2. The van der Waals surface area contributed by atoms with Crippen molar-refractivity contribution in [2.24, 2.45) is 23.5 Å². The number of fused-ring (bicyclic) bond motifs is 2. The van der Waals surface area contributed by atoms with Crippen LogP contribution < -0.4 is 5.73 Å². The zero-order chi connectivity index (χ0) is 13.0. The van der Waals surface area contributed by atoms with Gasteiger partial charge >= 0.3 is 0 Å². The molecule has 2 rings (SSSR count). The maximum absolute atomic E-state index is 12.2. The quantitative estimate of drug-likeness (QED) is 0.816. The Kier molecular flexibility index (Phi) is 5.04. The van der Waals surface area contributed by atoms with Crippen molar-refractivity contribution in [1.82, 2.24) is 4.90 Å². The van der Waals surface area contributed by atoms with Gasteiger partial charge in [-0.3, -0.25) is 4.79 Å². The molecule has 2 bridgehead atoms. The maximum Gasteiger partial charge on any atom is 0.222 e. The molecule has 1 aliphatic heterocycles. The predicted octanol–water partition coefficient (Wildman–Crippen LogP) is 2.40. The van der Waals surface area contributed by atoms with Crippen LogP contribution in [-0.4, -0.2) is 30.4 Å². The second-order valence-electron chi connectivity index (χ2n) is 6.42. The number of nitrogens with zero attached hydrogens (tertiary/aromatic N) is 1. The minimum Gasteiger partial charge on any atom is -0.342 e. The van der Waals surface area contributed by atoms with E-state index >= 15 is 0 Å². The molecule has 1 heterocycles. The Morgan fingerprint density at radius 1 is 1.28 bits per heavy atom. The molecule has 0 aromatic rings. The van der Waals surface area contributed by atoms with Crippen LogP contribution in [0, 0.1) is 17.8 Å². The first kappa shape index (κ1) is 13.9. The molecule has 1 saturated heterocycles. The molecule has 3 nitrogen and oxygen atoms in total. The first-order valence-corrected chi connectivity index (χ1v) is 7.67. The first-order chi connectivity index (χ1) is 8.69. The molecule has 104 valence electrons. The normalized spacial score (nSPS) is 29.1. The third-order valence-corrected chi connectivity index (χ3v) is 4.71. The highest BCUT2D eigenvalue weighted by Crippen LogP contribution is 2.34. The fraction of sp³-hybridized carbons (Fsp3) is 0.933.